The molecule has 33 heavy (non-hydrogen) atoms. The lowest BCUT2D eigenvalue weighted by atomic mass is 9.84. The van der Waals surface area contributed by atoms with E-state index in [9.17, 15) is 8.42 Å². The van der Waals surface area contributed by atoms with E-state index in [0.29, 0.717) is 6.61 Å². The third-order valence-corrected chi connectivity index (χ3v) is 7.44. The van der Waals surface area contributed by atoms with Crippen molar-refractivity contribution in [2.45, 2.75) is 57.9 Å². The Morgan fingerprint density at radius 3 is 2.15 bits per heavy atom. The quantitative estimate of drug-likeness (QED) is 0.297. The largest absolute Gasteiger partial charge is 0.497 e. The van der Waals surface area contributed by atoms with E-state index in [-0.39, 0.29) is 23.5 Å². The highest BCUT2D eigenvalue weighted by Gasteiger charge is 2.36. The Morgan fingerprint density at radius 1 is 1.03 bits per heavy atom. The Morgan fingerprint density at radius 2 is 1.64 bits per heavy atom. The van der Waals surface area contributed by atoms with Gasteiger partial charge in [-0.3, -0.25) is 0 Å². The van der Waals surface area contributed by atoms with Gasteiger partial charge in [0.1, 0.15) is 5.75 Å². The van der Waals surface area contributed by atoms with Crippen LogP contribution in [0.25, 0.3) is 0 Å². The fourth-order valence-corrected chi connectivity index (χ4v) is 5.78. The van der Waals surface area contributed by atoms with Crippen molar-refractivity contribution in [3.05, 3.63) is 70.9 Å². The van der Waals surface area contributed by atoms with Crippen molar-refractivity contribution in [3.8, 4) is 5.75 Å². The van der Waals surface area contributed by atoms with Gasteiger partial charge in [0.25, 0.3) is 0 Å². The first-order valence-electron chi connectivity index (χ1n) is 11.0. The fourth-order valence-electron chi connectivity index (χ4n) is 3.38. The molecule has 2 rings (SSSR count). The van der Waals surface area contributed by atoms with Gasteiger partial charge >= 0.3 is 0 Å². The van der Waals surface area contributed by atoms with Gasteiger partial charge in [-0.2, -0.15) is 4.39 Å². The Hall–Kier alpha value is -2.00. The molecule has 1 unspecified atom stereocenters. The maximum absolute atomic E-state index is 15.8. The van der Waals surface area contributed by atoms with E-state index in [0.717, 1.165) is 11.3 Å². The average Bonchev–Trinajstić information content (AvgIpc) is 2.77. The smallest absolute Gasteiger partial charge is 0.233 e. The number of hydrogen-bond donors (Lipinski definition) is 0. The third-order valence-electron chi connectivity index (χ3n) is 5.00. The highest BCUT2D eigenvalue weighted by Crippen LogP contribution is 2.36. The van der Waals surface area contributed by atoms with Crippen LogP contribution >= 0.6 is 0 Å². The van der Waals surface area contributed by atoms with E-state index in [2.05, 4.69) is 0 Å². The van der Waals surface area contributed by atoms with Gasteiger partial charge in [0, 0.05) is 5.57 Å². The second-order valence-corrected chi connectivity index (χ2v) is 13.4. The monoisotopic (exact) mass is 494 g/mol. The molecule has 0 radical (unpaired) electrons. The number of benzene rings is 2. The summed E-state index contributed by atoms with van der Waals surface area (Å²) in [7, 11) is -4.30. The van der Waals surface area contributed by atoms with Crippen LogP contribution in [0.3, 0.4) is 0 Å². The summed E-state index contributed by atoms with van der Waals surface area (Å²) in [5, 5.41) is -1.14. The highest BCUT2D eigenvalue weighted by molar-refractivity contribution is 7.95. The Balaban J connectivity index is 2.32. The molecular weight excluding hydrogens is 459 g/mol. The van der Waals surface area contributed by atoms with Crippen LogP contribution in [0.5, 0.6) is 5.75 Å². The van der Waals surface area contributed by atoms with Crippen molar-refractivity contribution in [1.82, 2.24) is 0 Å². The van der Waals surface area contributed by atoms with Crippen molar-refractivity contribution < 1.29 is 26.7 Å². The van der Waals surface area contributed by atoms with Gasteiger partial charge < -0.3 is 13.9 Å². The lowest BCUT2D eigenvalue weighted by molar-refractivity contribution is 0.0923. The van der Waals surface area contributed by atoms with Crippen molar-refractivity contribution >= 4 is 18.9 Å². The van der Waals surface area contributed by atoms with Crippen LogP contribution in [0.15, 0.2) is 70.2 Å². The Labute approximate surface area is 199 Å². The summed E-state index contributed by atoms with van der Waals surface area (Å²) in [6.45, 7) is 10.2. The van der Waals surface area contributed by atoms with Crippen LogP contribution < -0.4 is 4.74 Å². The molecule has 0 aromatic heterocycles. The first-order valence-corrected chi connectivity index (χ1v) is 15.3. The van der Waals surface area contributed by atoms with Crippen molar-refractivity contribution in [1.29, 1.82) is 0 Å². The normalized spacial score (nSPS) is 14.2. The molecule has 0 fully saturated rings. The first kappa shape index (κ1) is 27.2. The number of ether oxygens (including phenoxy) is 2. The second-order valence-electron chi connectivity index (χ2n) is 9.20. The average molecular weight is 495 g/mol. The minimum absolute atomic E-state index is 0.0754. The molecule has 0 saturated heterocycles. The second kappa shape index (κ2) is 11.9. The number of rotatable bonds is 11. The summed E-state index contributed by atoms with van der Waals surface area (Å²) in [4.78, 5) is -0.0754. The molecule has 0 aliphatic carbocycles. The zero-order chi connectivity index (χ0) is 24.6. The summed E-state index contributed by atoms with van der Waals surface area (Å²) < 4.78 is 59.0. The number of halogens is 1. The predicted octanol–water partition coefficient (Wildman–Crippen LogP) is 5.67. The van der Waals surface area contributed by atoms with Gasteiger partial charge in [-0.15, -0.1) is 0 Å². The summed E-state index contributed by atoms with van der Waals surface area (Å²) in [5.41, 5.74) is 0.575. The summed E-state index contributed by atoms with van der Waals surface area (Å²) in [6, 6.07) is 15.1. The van der Waals surface area contributed by atoms with Gasteiger partial charge in [-0.25, -0.2) is 8.42 Å². The lowest BCUT2D eigenvalue weighted by Gasteiger charge is -2.35. The van der Waals surface area contributed by atoms with E-state index in [1.807, 2.05) is 58.1 Å². The molecule has 0 aliphatic heterocycles. The molecule has 0 spiro atoms. The molecule has 0 N–H and O–H groups in total. The molecular formula is C25H35FO5SSi. The molecule has 1 atom stereocenters. The van der Waals surface area contributed by atoms with E-state index < -0.39 is 35.6 Å². The summed E-state index contributed by atoms with van der Waals surface area (Å²) in [5.74, 6) is 0.750. The maximum Gasteiger partial charge on any atom is 0.233 e. The molecule has 0 saturated carbocycles. The van der Waals surface area contributed by atoms with E-state index in [1.165, 1.54) is 12.1 Å². The fraction of sp³-hybridized carbons (Fsp3) is 0.440. The third kappa shape index (κ3) is 7.77. The van der Waals surface area contributed by atoms with Crippen LogP contribution in [0.2, 0.25) is 13.1 Å². The first-order chi connectivity index (χ1) is 15.5. The SMILES string of the molecule is COc1ccc(COCC/C(=C(/F)S(=O)(=O)c2ccccc2)C(O[SiH](C)C)C(C)(C)C)cc1. The molecule has 0 aliphatic rings. The van der Waals surface area contributed by atoms with Crippen LogP contribution in [0, 0.1) is 5.41 Å². The molecule has 182 valence electrons. The number of hydrogen-bond acceptors (Lipinski definition) is 5. The van der Waals surface area contributed by atoms with Gasteiger partial charge in [0.2, 0.25) is 15.0 Å². The number of methoxy groups -OCH3 is 1. The minimum Gasteiger partial charge on any atom is -0.497 e. The van der Waals surface area contributed by atoms with Crippen LogP contribution in [-0.4, -0.2) is 37.3 Å². The van der Waals surface area contributed by atoms with Gasteiger partial charge in [0.15, 0.2) is 9.04 Å². The van der Waals surface area contributed by atoms with E-state index in [1.54, 1.807) is 25.3 Å². The van der Waals surface area contributed by atoms with Crippen molar-refractivity contribution in [2.24, 2.45) is 5.41 Å². The molecule has 2 aromatic carbocycles. The zero-order valence-electron chi connectivity index (χ0n) is 20.3. The molecule has 8 heteroatoms. The predicted molar refractivity (Wildman–Crippen MR) is 132 cm³/mol. The Bertz CT molecular complexity index is 1010. The lowest BCUT2D eigenvalue weighted by Crippen LogP contribution is -2.36. The molecule has 0 amide bonds. The minimum atomic E-state index is -4.30. The molecule has 0 bridgehead atoms. The molecule has 5 nitrogen and oxygen atoms in total. The van der Waals surface area contributed by atoms with Crippen LogP contribution in [-0.2, 0) is 25.6 Å². The van der Waals surface area contributed by atoms with Crippen molar-refractivity contribution in [3.63, 3.8) is 0 Å². The van der Waals surface area contributed by atoms with E-state index >= 15 is 4.39 Å². The molecule has 2 aromatic rings. The van der Waals surface area contributed by atoms with Crippen LogP contribution in [0.4, 0.5) is 4.39 Å². The van der Waals surface area contributed by atoms with Gasteiger partial charge in [-0.05, 0) is 54.8 Å². The maximum atomic E-state index is 15.8. The zero-order valence-corrected chi connectivity index (χ0v) is 22.3. The highest BCUT2D eigenvalue weighted by atomic mass is 32.2. The summed E-state index contributed by atoms with van der Waals surface area (Å²) >= 11 is 0. The van der Waals surface area contributed by atoms with Gasteiger partial charge in [0.05, 0.1) is 31.3 Å². The van der Waals surface area contributed by atoms with Gasteiger partial charge in [-0.1, -0.05) is 51.1 Å². The Kier molecular flexibility index (Phi) is 9.84. The summed E-state index contributed by atoms with van der Waals surface area (Å²) in [6.07, 6.45) is -0.566. The topological polar surface area (TPSA) is 61.8 Å². The standard InChI is InChI=1S/C25H35FO5SSi/c1-25(2,3)23(31-33(5)6)22(24(26)32(27,28)21-10-8-7-9-11-21)16-17-30-18-19-12-14-20(29-4)15-13-19/h7-15,23,33H,16-18H2,1-6H3/b24-22+. The van der Waals surface area contributed by atoms with Crippen LogP contribution in [0.1, 0.15) is 32.8 Å². The van der Waals surface area contributed by atoms with Crippen molar-refractivity contribution in [2.75, 3.05) is 13.7 Å². The molecule has 0 heterocycles. The van der Waals surface area contributed by atoms with E-state index in [4.69, 9.17) is 13.9 Å². The number of sulfone groups is 1.